The van der Waals surface area contributed by atoms with Crippen LogP contribution in [0.5, 0.6) is 5.75 Å². The van der Waals surface area contributed by atoms with E-state index in [0.717, 1.165) is 16.3 Å². The molecule has 1 nitrogen and oxygen atoms in total. The van der Waals surface area contributed by atoms with Crippen molar-refractivity contribution >= 4 is 23.4 Å². The highest BCUT2D eigenvalue weighted by Gasteiger charge is 2.37. The van der Waals surface area contributed by atoms with Gasteiger partial charge in [0.1, 0.15) is 5.75 Å². The Hall–Kier alpha value is -0.340. The molecule has 0 spiro atoms. The van der Waals surface area contributed by atoms with Crippen LogP contribution in [-0.4, -0.2) is 12.9 Å². The average Bonchev–Trinajstić information content (AvgIpc) is 2.13. The van der Waals surface area contributed by atoms with Crippen LogP contribution in [0.15, 0.2) is 12.1 Å². The second kappa shape index (κ2) is 3.91. The van der Waals surface area contributed by atoms with Gasteiger partial charge in [-0.1, -0.05) is 11.6 Å². The fourth-order valence-electron chi connectivity index (χ4n) is 2.01. The van der Waals surface area contributed by atoms with Crippen LogP contribution in [-0.2, 0) is 4.75 Å². The van der Waals surface area contributed by atoms with Crippen LogP contribution >= 0.6 is 23.4 Å². The number of ether oxygens (including phenoxy) is 1. The van der Waals surface area contributed by atoms with Crippen LogP contribution in [0.1, 0.15) is 24.5 Å². The van der Waals surface area contributed by atoms with E-state index in [1.165, 1.54) is 17.7 Å². The van der Waals surface area contributed by atoms with Gasteiger partial charge in [-0.2, -0.15) is 11.8 Å². The summed E-state index contributed by atoms with van der Waals surface area (Å²) in [6, 6.07) is 4.00. The van der Waals surface area contributed by atoms with Gasteiger partial charge in [0.05, 0.1) is 7.11 Å². The number of halogens is 1. The van der Waals surface area contributed by atoms with Gasteiger partial charge < -0.3 is 4.74 Å². The maximum atomic E-state index is 6.10. The van der Waals surface area contributed by atoms with E-state index in [4.69, 9.17) is 16.3 Å². The molecule has 0 saturated carbocycles. The maximum Gasteiger partial charge on any atom is 0.126 e. The average molecular weight is 243 g/mol. The highest BCUT2D eigenvalue weighted by atomic mass is 35.5. The Kier molecular flexibility index (Phi) is 2.91. The van der Waals surface area contributed by atoms with E-state index < -0.39 is 0 Å². The zero-order valence-corrected chi connectivity index (χ0v) is 10.8. The second-order valence-corrected chi connectivity index (χ2v) is 6.17. The van der Waals surface area contributed by atoms with Crippen LogP contribution in [0.2, 0.25) is 5.02 Å². The number of benzene rings is 1. The third-order valence-corrected chi connectivity index (χ3v) is 4.70. The summed E-state index contributed by atoms with van der Waals surface area (Å²) in [4.78, 5) is 0. The van der Waals surface area contributed by atoms with E-state index in [-0.39, 0.29) is 4.75 Å². The molecule has 0 aromatic heterocycles. The second-order valence-electron chi connectivity index (χ2n) is 4.13. The van der Waals surface area contributed by atoms with Gasteiger partial charge in [-0.3, -0.25) is 0 Å². The Morgan fingerprint density at radius 2 is 2.13 bits per heavy atom. The summed E-state index contributed by atoms with van der Waals surface area (Å²) < 4.78 is 5.68. The van der Waals surface area contributed by atoms with E-state index in [0.29, 0.717) is 0 Å². The highest BCUT2D eigenvalue weighted by molar-refractivity contribution is 8.01. The predicted octanol–water partition coefficient (Wildman–Crippen LogP) is 4.01. The minimum absolute atomic E-state index is 0.195. The van der Waals surface area contributed by atoms with Crippen LogP contribution in [0, 0.1) is 6.92 Å². The van der Waals surface area contributed by atoms with Crippen molar-refractivity contribution in [1.29, 1.82) is 0 Å². The summed E-state index contributed by atoms with van der Waals surface area (Å²) in [5.41, 5.74) is 2.36. The molecule has 1 aliphatic rings. The minimum Gasteiger partial charge on any atom is -0.496 e. The largest absolute Gasteiger partial charge is 0.496 e. The Balaban J connectivity index is 2.53. The molecule has 1 fully saturated rings. The summed E-state index contributed by atoms with van der Waals surface area (Å²) in [5, 5.41) is 0.803. The Bertz CT molecular complexity index is 385. The van der Waals surface area contributed by atoms with Crippen molar-refractivity contribution in [2.45, 2.75) is 25.0 Å². The molecule has 1 aromatic rings. The topological polar surface area (TPSA) is 9.23 Å². The number of thioether (sulfide) groups is 1. The quantitative estimate of drug-likeness (QED) is 0.775. The molecule has 0 N–H and O–H groups in total. The van der Waals surface area contributed by atoms with Crippen molar-refractivity contribution in [3.05, 3.63) is 28.3 Å². The molecule has 15 heavy (non-hydrogen) atoms. The fourth-order valence-corrected chi connectivity index (χ4v) is 3.41. The molecule has 0 amide bonds. The fraction of sp³-hybridized carbons (Fsp3) is 0.500. The van der Waals surface area contributed by atoms with Gasteiger partial charge in [0.2, 0.25) is 0 Å². The number of hydrogen-bond acceptors (Lipinski definition) is 2. The lowest BCUT2D eigenvalue weighted by Crippen LogP contribution is -2.28. The lowest BCUT2D eigenvalue weighted by molar-refractivity contribution is 0.398. The third-order valence-electron chi connectivity index (χ3n) is 3.01. The lowest BCUT2D eigenvalue weighted by atomic mass is 9.93. The van der Waals surface area contributed by atoms with Gasteiger partial charge in [-0.25, -0.2) is 0 Å². The Labute approximate surface area is 100 Å². The third kappa shape index (κ3) is 1.85. The molecule has 1 saturated heterocycles. The molecular formula is C12H15ClOS. The number of hydrogen-bond donors (Lipinski definition) is 0. The van der Waals surface area contributed by atoms with Gasteiger partial charge in [0.15, 0.2) is 0 Å². The summed E-state index contributed by atoms with van der Waals surface area (Å²) in [6.45, 7) is 4.30. The molecule has 82 valence electrons. The molecule has 1 aromatic carbocycles. The molecule has 1 heterocycles. The van der Waals surface area contributed by atoms with Crippen molar-refractivity contribution in [2.75, 3.05) is 12.9 Å². The molecular weight excluding hydrogens is 228 g/mol. The predicted molar refractivity (Wildman–Crippen MR) is 67.2 cm³/mol. The molecule has 3 heteroatoms. The minimum atomic E-state index is 0.195. The first-order chi connectivity index (χ1) is 7.07. The van der Waals surface area contributed by atoms with E-state index in [1.807, 2.05) is 30.8 Å². The summed E-state index contributed by atoms with van der Waals surface area (Å²) >= 11 is 8.07. The molecule has 0 radical (unpaired) electrons. The van der Waals surface area contributed by atoms with E-state index in [1.54, 1.807) is 7.11 Å². The van der Waals surface area contributed by atoms with Crippen LogP contribution < -0.4 is 4.74 Å². The number of aryl methyl sites for hydroxylation is 1. The number of rotatable bonds is 2. The molecule has 1 aliphatic heterocycles. The normalized spacial score (nSPS) is 24.8. The summed E-state index contributed by atoms with van der Waals surface area (Å²) in [5.74, 6) is 2.22. The Morgan fingerprint density at radius 1 is 1.47 bits per heavy atom. The molecule has 1 unspecified atom stereocenters. The van der Waals surface area contributed by atoms with Crippen molar-refractivity contribution < 1.29 is 4.74 Å². The summed E-state index contributed by atoms with van der Waals surface area (Å²) in [6.07, 6.45) is 1.20. The van der Waals surface area contributed by atoms with Gasteiger partial charge in [-0.15, -0.1) is 0 Å². The zero-order valence-electron chi connectivity index (χ0n) is 9.26. The monoisotopic (exact) mass is 242 g/mol. The first kappa shape index (κ1) is 11.2. The molecule has 0 bridgehead atoms. The van der Waals surface area contributed by atoms with Gasteiger partial charge in [-0.05, 0) is 43.7 Å². The maximum absolute atomic E-state index is 6.10. The van der Waals surface area contributed by atoms with E-state index in [9.17, 15) is 0 Å². The summed E-state index contributed by atoms with van der Waals surface area (Å²) in [7, 11) is 1.73. The molecule has 0 aliphatic carbocycles. The van der Waals surface area contributed by atoms with Crippen molar-refractivity contribution in [2.24, 2.45) is 0 Å². The van der Waals surface area contributed by atoms with E-state index >= 15 is 0 Å². The zero-order chi connectivity index (χ0) is 11.1. The van der Waals surface area contributed by atoms with Gasteiger partial charge in [0, 0.05) is 15.3 Å². The van der Waals surface area contributed by atoms with Crippen molar-refractivity contribution in [3.8, 4) is 5.75 Å². The van der Waals surface area contributed by atoms with Crippen LogP contribution in [0.25, 0.3) is 0 Å². The van der Waals surface area contributed by atoms with Gasteiger partial charge >= 0.3 is 0 Å². The Morgan fingerprint density at radius 3 is 2.60 bits per heavy atom. The van der Waals surface area contributed by atoms with Crippen LogP contribution in [0.4, 0.5) is 0 Å². The van der Waals surface area contributed by atoms with Crippen LogP contribution in [0.3, 0.4) is 0 Å². The first-order valence-electron chi connectivity index (χ1n) is 5.05. The van der Waals surface area contributed by atoms with Crippen molar-refractivity contribution in [3.63, 3.8) is 0 Å². The number of methoxy groups -OCH3 is 1. The van der Waals surface area contributed by atoms with Gasteiger partial charge in [0.25, 0.3) is 0 Å². The highest BCUT2D eigenvalue weighted by Crippen LogP contribution is 2.52. The standard InChI is InChI=1S/C12H15ClOS/c1-8-6-9(13)7-10(11(8)14-3)12(2)4-5-15-12/h6-7H,4-5H2,1-3H3. The molecule has 1 atom stereocenters. The lowest BCUT2D eigenvalue weighted by Gasteiger charge is -2.39. The SMILES string of the molecule is COc1c(C)cc(Cl)cc1C1(C)CCS1. The van der Waals surface area contributed by atoms with E-state index in [2.05, 4.69) is 6.92 Å². The molecule has 2 rings (SSSR count). The van der Waals surface area contributed by atoms with Crippen molar-refractivity contribution in [1.82, 2.24) is 0 Å². The first-order valence-corrected chi connectivity index (χ1v) is 6.42. The smallest absolute Gasteiger partial charge is 0.126 e.